The molecule has 0 saturated carbocycles. The van der Waals surface area contributed by atoms with Gasteiger partial charge in [0.05, 0.1) is 12.1 Å². The maximum absolute atomic E-state index is 12.8. The second-order valence-corrected chi connectivity index (χ2v) is 7.54. The molecule has 0 aromatic heterocycles. The Morgan fingerprint density at radius 2 is 1.69 bits per heavy atom. The second-order valence-electron chi connectivity index (χ2n) is 6.67. The van der Waals surface area contributed by atoms with Crippen LogP contribution in [0.3, 0.4) is 0 Å². The van der Waals surface area contributed by atoms with E-state index in [-0.39, 0.29) is 30.6 Å². The van der Waals surface area contributed by atoms with Gasteiger partial charge >= 0.3 is 0 Å². The van der Waals surface area contributed by atoms with Gasteiger partial charge in [-0.05, 0) is 49.2 Å². The molecule has 4 nitrogen and oxygen atoms in total. The Balaban J connectivity index is 2.18. The molecular weight excluding hydrogens is 371 g/mol. The highest BCUT2D eigenvalue weighted by molar-refractivity contribution is 6.30. The van der Waals surface area contributed by atoms with Gasteiger partial charge in [0, 0.05) is 16.1 Å². The van der Waals surface area contributed by atoms with Gasteiger partial charge in [-0.3, -0.25) is 9.59 Å². The lowest BCUT2D eigenvalue weighted by Gasteiger charge is -2.48. The van der Waals surface area contributed by atoms with Crippen LogP contribution in [0.1, 0.15) is 37.1 Å². The fourth-order valence-electron chi connectivity index (χ4n) is 3.60. The minimum Gasteiger partial charge on any atom is -0.329 e. The van der Waals surface area contributed by atoms with E-state index < -0.39 is 0 Å². The molecule has 0 radical (unpaired) electrons. The Bertz CT molecular complexity index is 808. The van der Waals surface area contributed by atoms with E-state index in [2.05, 4.69) is 0 Å². The molecule has 136 valence electrons. The predicted octanol–water partition coefficient (Wildman–Crippen LogP) is 4.48. The monoisotopic (exact) mass is 390 g/mol. The van der Waals surface area contributed by atoms with Crippen LogP contribution in [0.5, 0.6) is 0 Å². The molecule has 3 rings (SSSR count). The number of carbonyl (C=O) groups is 2. The zero-order valence-corrected chi connectivity index (χ0v) is 16.1. The van der Waals surface area contributed by atoms with Gasteiger partial charge in [0.25, 0.3) is 0 Å². The highest BCUT2D eigenvalue weighted by atomic mass is 35.5. The summed E-state index contributed by atoms with van der Waals surface area (Å²) in [6, 6.07) is 14.2. The van der Waals surface area contributed by atoms with Gasteiger partial charge in [0.2, 0.25) is 12.3 Å². The molecule has 1 saturated heterocycles. The maximum atomic E-state index is 12.8. The number of benzene rings is 2. The van der Waals surface area contributed by atoms with Crippen molar-refractivity contribution < 1.29 is 9.59 Å². The maximum Gasteiger partial charge on any atom is 0.243 e. The van der Waals surface area contributed by atoms with Gasteiger partial charge in [-0.25, -0.2) is 0 Å². The zero-order valence-electron chi connectivity index (χ0n) is 14.6. The molecule has 1 heterocycles. The third-order valence-electron chi connectivity index (χ3n) is 4.66. The topological polar surface area (TPSA) is 40.6 Å². The van der Waals surface area contributed by atoms with E-state index in [0.29, 0.717) is 10.0 Å². The summed E-state index contributed by atoms with van der Waals surface area (Å²) in [7, 11) is 0. The van der Waals surface area contributed by atoms with Crippen LogP contribution >= 0.6 is 23.2 Å². The van der Waals surface area contributed by atoms with Gasteiger partial charge in [0.15, 0.2) is 0 Å². The summed E-state index contributed by atoms with van der Waals surface area (Å²) in [4.78, 5) is 27.9. The normalized spacial score (nSPS) is 20.6. The first-order valence-corrected chi connectivity index (χ1v) is 9.21. The summed E-state index contributed by atoms with van der Waals surface area (Å²) in [6.45, 7) is 4.00. The molecule has 1 fully saturated rings. The molecule has 0 bridgehead atoms. The molecule has 26 heavy (non-hydrogen) atoms. The van der Waals surface area contributed by atoms with E-state index >= 15 is 0 Å². The Morgan fingerprint density at radius 1 is 1.00 bits per heavy atom. The zero-order chi connectivity index (χ0) is 18.8. The van der Waals surface area contributed by atoms with Crippen LogP contribution in [-0.2, 0) is 9.59 Å². The van der Waals surface area contributed by atoms with Crippen LogP contribution in [0.15, 0.2) is 48.5 Å². The molecular formula is C20H20Cl2N2O2. The number of nitrogens with zero attached hydrogens (tertiary/aromatic N) is 2. The van der Waals surface area contributed by atoms with Gasteiger partial charge in [-0.15, -0.1) is 0 Å². The summed E-state index contributed by atoms with van der Waals surface area (Å²) in [5.41, 5.74) is 1.82. The summed E-state index contributed by atoms with van der Waals surface area (Å²) in [5, 5.41) is 1.22. The number of halogens is 2. The van der Waals surface area contributed by atoms with Crippen molar-refractivity contribution in [1.82, 2.24) is 9.80 Å². The first-order chi connectivity index (χ1) is 12.4. The van der Waals surface area contributed by atoms with Crippen molar-refractivity contribution in [3.63, 3.8) is 0 Å². The van der Waals surface area contributed by atoms with Crippen molar-refractivity contribution in [2.45, 2.75) is 32.0 Å². The number of rotatable bonds is 4. The van der Waals surface area contributed by atoms with Crippen LogP contribution in [0, 0.1) is 0 Å². The molecule has 0 aliphatic carbocycles. The van der Waals surface area contributed by atoms with Crippen LogP contribution < -0.4 is 0 Å². The molecule has 0 N–H and O–H groups in total. The fourth-order valence-corrected chi connectivity index (χ4v) is 3.93. The third kappa shape index (κ3) is 3.57. The summed E-state index contributed by atoms with van der Waals surface area (Å²) in [6.07, 6.45) is 0.740. The van der Waals surface area contributed by atoms with Crippen molar-refractivity contribution in [3.05, 3.63) is 69.7 Å². The molecule has 6 heteroatoms. The van der Waals surface area contributed by atoms with E-state index in [1.165, 1.54) is 0 Å². The van der Waals surface area contributed by atoms with Crippen molar-refractivity contribution in [1.29, 1.82) is 0 Å². The quantitative estimate of drug-likeness (QED) is 0.721. The Labute approximate surface area is 163 Å². The summed E-state index contributed by atoms with van der Waals surface area (Å²) in [5.74, 6) is -0.0784. The average Bonchev–Trinajstić information content (AvgIpc) is 2.61. The molecule has 1 aliphatic heterocycles. The van der Waals surface area contributed by atoms with Crippen molar-refractivity contribution in [3.8, 4) is 0 Å². The van der Waals surface area contributed by atoms with Gasteiger partial charge in [-0.1, -0.05) is 47.5 Å². The third-order valence-corrected chi connectivity index (χ3v) is 5.14. The SMILES string of the molecule is CC(C)N1C(=O)CN(C=O)C(c2cccc(Cl)c2)C1c1ccc(Cl)cc1. The number of piperazine rings is 1. The number of amides is 2. The summed E-state index contributed by atoms with van der Waals surface area (Å²) < 4.78 is 0. The van der Waals surface area contributed by atoms with E-state index in [9.17, 15) is 9.59 Å². The van der Waals surface area contributed by atoms with Crippen LogP contribution in [0.2, 0.25) is 10.0 Å². The second kappa shape index (κ2) is 7.68. The van der Waals surface area contributed by atoms with E-state index in [1.54, 1.807) is 23.1 Å². The number of carbonyl (C=O) groups excluding carboxylic acids is 2. The minimum atomic E-state index is -0.326. The standard InChI is InChI=1S/C20H20Cl2N2O2/c1-13(2)24-18(26)11-23(12-25)19(15-4-3-5-17(22)10-15)20(24)14-6-8-16(21)9-7-14/h3-10,12-13,19-20H,11H2,1-2H3. The predicted molar refractivity (Wildman–Crippen MR) is 103 cm³/mol. The highest BCUT2D eigenvalue weighted by Crippen LogP contribution is 2.42. The number of hydrogen-bond donors (Lipinski definition) is 0. The lowest BCUT2D eigenvalue weighted by molar-refractivity contribution is -0.151. The largest absolute Gasteiger partial charge is 0.329 e. The Morgan fingerprint density at radius 3 is 2.27 bits per heavy atom. The fraction of sp³-hybridized carbons (Fsp3) is 0.300. The van der Waals surface area contributed by atoms with Crippen molar-refractivity contribution in [2.24, 2.45) is 0 Å². The van der Waals surface area contributed by atoms with Gasteiger partial charge < -0.3 is 9.80 Å². The molecule has 2 aromatic carbocycles. The molecule has 2 unspecified atom stereocenters. The molecule has 0 spiro atoms. The average molecular weight is 391 g/mol. The van der Waals surface area contributed by atoms with Crippen molar-refractivity contribution in [2.75, 3.05) is 6.54 Å². The van der Waals surface area contributed by atoms with Gasteiger partial charge in [0.1, 0.15) is 6.54 Å². The molecule has 2 aromatic rings. The lowest BCUT2D eigenvalue weighted by Crippen LogP contribution is -2.55. The first-order valence-electron chi connectivity index (χ1n) is 8.45. The van der Waals surface area contributed by atoms with Gasteiger partial charge in [-0.2, -0.15) is 0 Å². The smallest absolute Gasteiger partial charge is 0.243 e. The molecule has 1 aliphatic rings. The van der Waals surface area contributed by atoms with E-state index in [4.69, 9.17) is 23.2 Å². The Hall–Kier alpha value is -2.04. The number of hydrogen-bond acceptors (Lipinski definition) is 2. The highest BCUT2D eigenvalue weighted by Gasteiger charge is 2.43. The van der Waals surface area contributed by atoms with Crippen molar-refractivity contribution >= 4 is 35.5 Å². The minimum absolute atomic E-state index is 0.0151. The summed E-state index contributed by atoms with van der Waals surface area (Å²) >= 11 is 12.2. The van der Waals surface area contributed by atoms with E-state index in [0.717, 1.165) is 17.5 Å². The van der Waals surface area contributed by atoms with Crippen LogP contribution in [0.4, 0.5) is 0 Å². The van der Waals surface area contributed by atoms with Crippen LogP contribution in [-0.4, -0.2) is 34.7 Å². The lowest BCUT2D eigenvalue weighted by atomic mass is 9.88. The molecule has 2 amide bonds. The molecule has 2 atom stereocenters. The van der Waals surface area contributed by atoms with E-state index in [1.807, 2.05) is 49.1 Å². The first kappa shape index (κ1) is 18.7. The van der Waals surface area contributed by atoms with Crippen LogP contribution in [0.25, 0.3) is 0 Å². The Kier molecular flexibility index (Phi) is 5.54.